The Bertz CT molecular complexity index is 660. The zero-order valence-corrected chi connectivity index (χ0v) is 14.8. The van der Waals surface area contributed by atoms with Crippen LogP contribution in [0.15, 0.2) is 24.4 Å². The molecule has 1 atom stereocenters. The summed E-state index contributed by atoms with van der Waals surface area (Å²) < 4.78 is 0. The summed E-state index contributed by atoms with van der Waals surface area (Å²) in [6.07, 6.45) is 1.84. The molecule has 0 radical (unpaired) electrons. The summed E-state index contributed by atoms with van der Waals surface area (Å²) in [5, 5.41) is 7.23. The standard InChI is InChI=1S/C15H17N3OS.2ClH/c1-9-6-17-15(20-9)10(2)18-14(19)11-3-4-12-7-16-8-13(12)5-11;;/h3-6,10,16H,7-8H2,1-2H3,(H,18,19);2*1H. The second-order valence-corrected chi connectivity index (χ2v) is 6.36. The molecule has 4 nitrogen and oxygen atoms in total. The van der Waals surface area contributed by atoms with Crippen LogP contribution in [-0.2, 0) is 13.1 Å². The Labute approximate surface area is 146 Å². The maximum atomic E-state index is 12.3. The number of carbonyl (C=O) groups is 1. The lowest BCUT2D eigenvalue weighted by atomic mass is 10.1. The van der Waals surface area contributed by atoms with Gasteiger partial charge in [0.15, 0.2) is 0 Å². The van der Waals surface area contributed by atoms with Crippen LogP contribution in [0.5, 0.6) is 0 Å². The highest BCUT2D eigenvalue weighted by Crippen LogP contribution is 2.21. The average Bonchev–Trinajstić information content (AvgIpc) is 3.05. The number of nitrogens with zero attached hydrogens (tertiary/aromatic N) is 1. The van der Waals surface area contributed by atoms with E-state index in [4.69, 9.17) is 0 Å². The quantitative estimate of drug-likeness (QED) is 0.882. The molecule has 1 amide bonds. The second kappa shape index (κ2) is 7.92. The van der Waals surface area contributed by atoms with Gasteiger partial charge >= 0.3 is 0 Å². The van der Waals surface area contributed by atoms with Gasteiger partial charge in [-0.1, -0.05) is 6.07 Å². The van der Waals surface area contributed by atoms with Gasteiger partial charge in [0.05, 0.1) is 6.04 Å². The Morgan fingerprint density at radius 3 is 2.73 bits per heavy atom. The first-order valence-electron chi connectivity index (χ1n) is 6.69. The fraction of sp³-hybridized carbons (Fsp3) is 0.333. The van der Waals surface area contributed by atoms with Crippen LogP contribution in [0.4, 0.5) is 0 Å². The van der Waals surface area contributed by atoms with E-state index in [1.807, 2.05) is 38.2 Å². The van der Waals surface area contributed by atoms with Crippen molar-refractivity contribution in [3.05, 3.63) is 51.0 Å². The minimum atomic E-state index is -0.0624. The number of aromatic nitrogens is 1. The van der Waals surface area contributed by atoms with Gasteiger partial charge in [-0.2, -0.15) is 0 Å². The van der Waals surface area contributed by atoms with E-state index < -0.39 is 0 Å². The summed E-state index contributed by atoms with van der Waals surface area (Å²) in [5.41, 5.74) is 3.22. The Kier molecular flexibility index (Phi) is 6.81. The molecule has 1 aliphatic heterocycles. The molecule has 0 spiro atoms. The summed E-state index contributed by atoms with van der Waals surface area (Å²) in [6.45, 7) is 5.72. The van der Waals surface area contributed by atoms with Gasteiger partial charge in [-0.15, -0.1) is 36.2 Å². The molecular formula is C15H19Cl2N3OS. The van der Waals surface area contributed by atoms with Crippen molar-refractivity contribution in [1.29, 1.82) is 0 Å². The van der Waals surface area contributed by atoms with E-state index in [9.17, 15) is 4.79 Å². The largest absolute Gasteiger partial charge is 0.343 e. The van der Waals surface area contributed by atoms with Crippen LogP contribution in [-0.4, -0.2) is 10.9 Å². The molecule has 2 aromatic rings. The summed E-state index contributed by atoms with van der Waals surface area (Å²) in [6, 6.07) is 5.83. The van der Waals surface area contributed by atoms with Crippen molar-refractivity contribution in [3.63, 3.8) is 0 Å². The molecule has 1 unspecified atom stereocenters. The molecule has 0 aliphatic carbocycles. The van der Waals surface area contributed by atoms with Crippen LogP contribution < -0.4 is 10.6 Å². The number of carbonyl (C=O) groups excluding carboxylic acids is 1. The third-order valence-electron chi connectivity index (χ3n) is 3.46. The van der Waals surface area contributed by atoms with E-state index in [0.717, 1.165) is 23.0 Å². The highest BCUT2D eigenvalue weighted by molar-refractivity contribution is 7.11. The number of hydrogen-bond donors (Lipinski definition) is 2. The molecule has 0 fully saturated rings. The number of benzene rings is 1. The van der Waals surface area contributed by atoms with Gasteiger partial charge in [0, 0.05) is 29.7 Å². The monoisotopic (exact) mass is 359 g/mol. The molecule has 1 aromatic carbocycles. The van der Waals surface area contributed by atoms with Gasteiger partial charge in [0.1, 0.15) is 5.01 Å². The molecule has 0 saturated carbocycles. The fourth-order valence-electron chi connectivity index (χ4n) is 2.35. The van der Waals surface area contributed by atoms with E-state index in [-0.39, 0.29) is 36.8 Å². The highest BCUT2D eigenvalue weighted by Gasteiger charge is 2.16. The van der Waals surface area contributed by atoms with Crippen molar-refractivity contribution in [2.45, 2.75) is 33.0 Å². The predicted octanol–water partition coefficient (Wildman–Crippen LogP) is 3.39. The summed E-state index contributed by atoms with van der Waals surface area (Å²) in [7, 11) is 0. The van der Waals surface area contributed by atoms with E-state index in [1.165, 1.54) is 11.1 Å². The van der Waals surface area contributed by atoms with Crippen LogP contribution in [0.2, 0.25) is 0 Å². The minimum absolute atomic E-state index is 0. The minimum Gasteiger partial charge on any atom is -0.343 e. The summed E-state index contributed by atoms with van der Waals surface area (Å²) in [5.74, 6) is -0.0416. The smallest absolute Gasteiger partial charge is 0.251 e. The average molecular weight is 360 g/mol. The number of fused-ring (bicyclic) bond motifs is 1. The van der Waals surface area contributed by atoms with Crippen molar-refractivity contribution in [3.8, 4) is 0 Å². The number of halogens is 2. The van der Waals surface area contributed by atoms with Crippen molar-refractivity contribution in [2.75, 3.05) is 0 Å². The number of nitrogens with one attached hydrogen (secondary N) is 2. The SMILES string of the molecule is Cc1cnc(C(C)NC(=O)c2ccc3c(c2)CNC3)s1.Cl.Cl. The van der Waals surface area contributed by atoms with Crippen LogP contribution in [0.25, 0.3) is 0 Å². The molecule has 22 heavy (non-hydrogen) atoms. The lowest BCUT2D eigenvalue weighted by molar-refractivity contribution is 0.0939. The van der Waals surface area contributed by atoms with Crippen molar-refractivity contribution < 1.29 is 4.79 Å². The first-order chi connectivity index (χ1) is 9.63. The Morgan fingerprint density at radius 2 is 2.05 bits per heavy atom. The maximum absolute atomic E-state index is 12.3. The number of hydrogen-bond acceptors (Lipinski definition) is 4. The van der Waals surface area contributed by atoms with E-state index in [1.54, 1.807) is 11.3 Å². The van der Waals surface area contributed by atoms with Crippen LogP contribution in [0, 0.1) is 6.92 Å². The zero-order valence-electron chi connectivity index (χ0n) is 12.4. The molecular weight excluding hydrogens is 341 g/mol. The molecule has 0 saturated heterocycles. The van der Waals surface area contributed by atoms with E-state index in [0.29, 0.717) is 5.56 Å². The first-order valence-corrected chi connectivity index (χ1v) is 7.51. The van der Waals surface area contributed by atoms with Crippen LogP contribution >= 0.6 is 36.2 Å². The zero-order chi connectivity index (χ0) is 14.1. The van der Waals surface area contributed by atoms with Gasteiger partial charge in [0.25, 0.3) is 5.91 Å². The van der Waals surface area contributed by atoms with Crippen LogP contribution in [0.1, 0.15) is 44.3 Å². The number of rotatable bonds is 3. The van der Waals surface area contributed by atoms with Gasteiger partial charge in [-0.05, 0) is 37.1 Å². The predicted molar refractivity (Wildman–Crippen MR) is 94.2 cm³/mol. The third-order valence-corrected chi connectivity index (χ3v) is 4.55. The normalized spacial score (nSPS) is 13.5. The van der Waals surface area contributed by atoms with Crippen molar-refractivity contribution in [1.82, 2.24) is 15.6 Å². The summed E-state index contributed by atoms with van der Waals surface area (Å²) in [4.78, 5) is 17.8. The van der Waals surface area contributed by atoms with E-state index >= 15 is 0 Å². The molecule has 1 aliphatic rings. The Balaban J connectivity index is 0.00000121. The van der Waals surface area contributed by atoms with Crippen molar-refractivity contribution >= 4 is 42.1 Å². The fourth-order valence-corrected chi connectivity index (χ4v) is 3.13. The highest BCUT2D eigenvalue weighted by atomic mass is 35.5. The first kappa shape index (κ1) is 18.9. The molecule has 0 bridgehead atoms. The van der Waals surface area contributed by atoms with Crippen molar-refractivity contribution in [2.24, 2.45) is 0 Å². The molecule has 2 heterocycles. The number of aryl methyl sites for hydroxylation is 1. The molecule has 7 heteroatoms. The summed E-state index contributed by atoms with van der Waals surface area (Å²) >= 11 is 1.62. The number of amides is 1. The Morgan fingerprint density at radius 1 is 1.32 bits per heavy atom. The topological polar surface area (TPSA) is 54.0 Å². The van der Waals surface area contributed by atoms with Gasteiger partial charge in [-0.3, -0.25) is 4.79 Å². The van der Waals surface area contributed by atoms with E-state index in [2.05, 4.69) is 15.6 Å². The third kappa shape index (κ3) is 3.98. The maximum Gasteiger partial charge on any atom is 0.251 e. The van der Waals surface area contributed by atoms with Gasteiger partial charge in [0.2, 0.25) is 0 Å². The molecule has 1 aromatic heterocycles. The number of thiazole rings is 1. The molecule has 3 rings (SSSR count). The lowest BCUT2D eigenvalue weighted by Gasteiger charge is -2.12. The van der Waals surface area contributed by atoms with Gasteiger partial charge in [-0.25, -0.2) is 4.98 Å². The second-order valence-electron chi connectivity index (χ2n) is 5.09. The van der Waals surface area contributed by atoms with Crippen LogP contribution in [0.3, 0.4) is 0 Å². The molecule has 2 N–H and O–H groups in total. The lowest BCUT2D eigenvalue weighted by Crippen LogP contribution is -2.26. The Hall–Kier alpha value is -1.14. The molecule has 120 valence electrons. The van der Waals surface area contributed by atoms with Gasteiger partial charge < -0.3 is 10.6 Å².